The van der Waals surface area contributed by atoms with E-state index in [4.69, 9.17) is 24.0 Å². The van der Waals surface area contributed by atoms with Crippen LogP contribution in [0.2, 0.25) is 0 Å². The van der Waals surface area contributed by atoms with Crippen molar-refractivity contribution in [2.75, 3.05) is 19.8 Å². The molecule has 20 heavy (non-hydrogen) atoms. The SMILES string of the molecule is CC(C)N(O)C(C)C.CCO.CCO.CCOO.[O]=[Ti]. The predicted octanol–water partition coefficient (Wildman–Crippen LogP) is 1.87. The van der Waals surface area contributed by atoms with Crippen LogP contribution in [0.3, 0.4) is 0 Å². The Balaban J connectivity index is -0.0000000531. The van der Waals surface area contributed by atoms with Gasteiger partial charge in [-0.1, -0.05) is 0 Å². The molecule has 0 aliphatic heterocycles. The van der Waals surface area contributed by atoms with Gasteiger partial charge in [-0.05, 0) is 48.5 Å². The number of aliphatic hydroxyl groups excluding tert-OH is 2. The Hall–Kier alpha value is 0.274. The second-order valence-electron chi connectivity index (χ2n) is 3.62. The van der Waals surface area contributed by atoms with E-state index in [1.807, 2.05) is 27.7 Å². The summed E-state index contributed by atoms with van der Waals surface area (Å²) < 4.78 is 8.25. The molecule has 8 heteroatoms. The van der Waals surface area contributed by atoms with Crippen molar-refractivity contribution >= 4 is 0 Å². The van der Waals surface area contributed by atoms with Crippen LogP contribution in [-0.2, 0) is 28.6 Å². The van der Waals surface area contributed by atoms with E-state index in [1.165, 1.54) is 5.06 Å². The van der Waals surface area contributed by atoms with Gasteiger partial charge in [-0.3, -0.25) is 5.26 Å². The van der Waals surface area contributed by atoms with Crippen molar-refractivity contribution in [1.82, 2.24) is 5.06 Å². The number of hydrogen-bond acceptors (Lipinski definition) is 7. The van der Waals surface area contributed by atoms with Gasteiger partial charge in [0, 0.05) is 25.3 Å². The van der Waals surface area contributed by atoms with E-state index in [0.29, 0.717) is 6.61 Å². The monoisotopic (exact) mass is 335 g/mol. The molecule has 0 aromatic heterocycles. The molecule has 0 aromatic rings. The van der Waals surface area contributed by atoms with Gasteiger partial charge in [-0.2, -0.15) is 5.06 Å². The number of rotatable bonds is 3. The van der Waals surface area contributed by atoms with Crippen LogP contribution in [-0.4, -0.2) is 57.6 Å². The fourth-order valence-corrected chi connectivity index (χ4v) is 0.596. The zero-order valence-corrected chi connectivity index (χ0v) is 15.4. The van der Waals surface area contributed by atoms with E-state index in [9.17, 15) is 0 Å². The molecule has 0 bridgehead atoms. The number of nitrogens with zero attached hydrogens (tertiary/aromatic N) is 1. The summed E-state index contributed by atoms with van der Waals surface area (Å²) in [7, 11) is 0. The van der Waals surface area contributed by atoms with Crippen molar-refractivity contribution in [1.29, 1.82) is 0 Å². The summed E-state index contributed by atoms with van der Waals surface area (Å²) >= 11 is 0.750. The molecule has 0 amide bonds. The molecular formula is C12H33NO6Ti. The van der Waals surface area contributed by atoms with Gasteiger partial charge in [0.2, 0.25) is 0 Å². The van der Waals surface area contributed by atoms with Crippen LogP contribution in [0.25, 0.3) is 0 Å². The molecule has 4 N–H and O–H groups in total. The van der Waals surface area contributed by atoms with Crippen LogP contribution in [0.4, 0.5) is 0 Å². The van der Waals surface area contributed by atoms with E-state index in [2.05, 4.69) is 4.89 Å². The summed E-state index contributed by atoms with van der Waals surface area (Å²) in [6, 6.07) is 0.463. The van der Waals surface area contributed by atoms with Gasteiger partial charge in [-0.15, -0.1) is 0 Å². The first-order valence-corrected chi connectivity index (χ1v) is 7.09. The van der Waals surface area contributed by atoms with Crippen molar-refractivity contribution in [2.45, 2.75) is 60.5 Å². The molecule has 0 unspecified atom stereocenters. The van der Waals surface area contributed by atoms with E-state index in [1.54, 1.807) is 20.8 Å². The van der Waals surface area contributed by atoms with Crippen LogP contribution < -0.4 is 0 Å². The Morgan fingerprint density at radius 3 is 1.10 bits per heavy atom. The van der Waals surface area contributed by atoms with Crippen LogP contribution in [0.5, 0.6) is 0 Å². The Morgan fingerprint density at radius 1 is 0.950 bits per heavy atom. The third kappa shape index (κ3) is 63.4. The third-order valence-electron chi connectivity index (χ3n) is 1.19. The summed E-state index contributed by atoms with van der Waals surface area (Å²) in [4.78, 5) is 3.54. The summed E-state index contributed by atoms with van der Waals surface area (Å²) in [6.07, 6.45) is 0. The minimum atomic E-state index is 0.231. The van der Waals surface area contributed by atoms with Crippen molar-refractivity contribution in [3.8, 4) is 0 Å². The first kappa shape index (κ1) is 32.3. The summed E-state index contributed by atoms with van der Waals surface area (Å²) in [6.45, 7) is 13.8. The first-order valence-electron chi connectivity index (χ1n) is 6.45. The van der Waals surface area contributed by atoms with Gasteiger partial charge in [0.1, 0.15) is 0 Å². The van der Waals surface area contributed by atoms with Gasteiger partial charge in [0.05, 0.1) is 6.61 Å². The summed E-state index contributed by atoms with van der Waals surface area (Å²) in [5, 5.41) is 32.9. The van der Waals surface area contributed by atoms with Crippen LogP contribution in [0.1, 0.15) is 48.5 Å². The summed E-state index contributed by atoms with van der Waals surface area (Å²) in [5.74, 6) is 0. The van der Waals surface area contributed by atoms with Crippen LogP contribution >= 0.6 is 0 Å². The Labute approximate surface area is 135 Å². The molecule has 126 valence electrons. The average Bonchev–Trinajstić information content (AvgIpc) is 2.42. The minimum absolute atomic E-state index is 0.231. The molecule has 0 rings (SSSR count). The van der Waals surface area contributed by atoms with Crippen LogP contribution in [0, 0.1) is 0 Å². The zero-order chi connectivity index (χ0) is 17.6. The van der Waals surface area contributed by atoms with Gasteiger partial charge >= 0.3 is 23.7 Å². The third-order valence-corrected chi connectivity index (χ3v) is 1.19. The molecular weight excluding hydrogens is 302 g/mol. The zero-order valence-electron chi connectivity index (χ0n) is 13.8. The van der Waals surface area contributed by atoms with E-state index in [-0.39, 0.29) is 25.3 Å². The Kier molecular flexibility index (Phi) is 59.0. The van der Waals surface area contributed by atoms with E-state index in [0.717, 1.165) is 20.4 Å². The second-order valence-corrected chi connectivity index (χ2v) is 3.62. The average molecular weight is 335 g/mol. The Bertz CT molecular complexity index is 119. The van der Waals surface area contributed by atoms with Crippen LogP contribution in [0.15, 0.2) is 0 Å². The fourth-order valence-electron chi connectivity index (χ4n) is 0.596. The molecule has 0 aliphatic carbocycles. The molecule has 0 saturated heterocycles. The van der Waals surface area contributed by atoms with Crippen molar-refractivity contribution < 1.29 is 49.3 Å². The molecule has 0 heterocycles. The number of hydrogen-bond donors (Lipinski definition) is 4. The topological polar surface area (TPSA) is 110 Å². The molecule has 0 atom stereocenters. The molecule has 0 fully saturated rings. The molecule has 0 radical (unpaired) electrons. The predicted molar refractivity (Wildman–Crippen MR) is 74.4 cm³/mol. The maximum atomic E-state index is 9.04. The van der Waals surface area contributed by atoms with E-state index >= 15 is 0 Å². The molecule has 0 saturated carbocycles. The quantitative estimate of drug-likeness (QED) is 0.354. The van der Waals surface area contributed by atoms with Gasteiger partial charge < -0.3 is 15.4 Å². The molecule has 7 nitrogen and oxygen atoms in total. The van der Waals surface area contributed by atoms with Gasteiger partial charge in [-0.25, -0.2) is 4.89 Å². The summed E-state index contributed by atoms with van der Waals surface area (Å²) in [5.41, 5.74) is 0. The number of aliphatic hydroxyl groups is 2. The fraction of sp³-hybridized carbons (Fsp3) is 1.00. The van der Waals surface area contributed by atoms with Crippen molar-refractivity contribution in [2.24, 2.45) is 0 Å². The van der Waals surface area contributed by atoms with Crippen molar-refractivity contribution in [3.05, 3.63) is 0 Å². The van der Waals surface area contributed by atoms with E-state index < -0.39 is 0 Å². The normalized spacial score (nSPS) is 8.25. The molecule has 0 aromatic carbocycles. The van der Waals surface area contributed by atoms with Crippen molar-refractivity contribution in [3.63, 3.8) is 0 Å². The molecule has 0 aliphatic rings. The second kappa shape index (κ2) is 36.5. The maximum absolute atomic E-state index is 9.04. The molecule has 0 spiro atoms. The van der Waals surface area contributed by atoms with Gasteiger partial charge in [0.25, 0.3) is 0 Å². The Morgan fingerprint density at radius 2 is 1.10 bits per heavy atom. The number of hydroxylamine groups is 2. The van der Waals surface area contributed by atoms with Gasteiger partial charge in [0.15, 0.2) is 0 Å². The standard InChI is InChI=1S/C6H15NO.C2H6O2.2C2H6O.O.Ti/c1-5(2)7(8)6(3)4;1-2-4-3;2*1-2-3;;/h5-6,8H,1-4H3;3H,2H2,1H3;2*3H,2H2,1H3;;. The first-order chi connectivity index (χ1) is 9.30.